The molecule has 0 radical (unpaired) electrons. The maximum Gasteiger partial charge on any atom is 0.258 e. The summed E-state index contributed by atoms with van der Waals surface area (Å²) < 4.78 is 14.3. The molecule has 1 saturated heterocycles. The predicted octanol–water partition coefficient (Wildman–Crippen LogP) is 2.43. The van der Waals surface area contributed by atoms with Crippen LogP contribution >= 0.6 is 15.9 Å². The van der Waals surface area contributed by atoms with E-state index in [4.69, 9.17) is 0 Å². The molecule has 1 saturated carbocycles. The van der Waals surface area contributed by atoms with Crippen LogP contribution in [-0.4, -0.2) is 35.1 Å². The summed E-state index contributed by atoms with van der Waals surface area (Å²) in [4.78, 5) is 14.1. The summed E-state index contributed by atoms with van der Waals surface area (Å²) in [5.41, 5.74) is 0.0944. The summed E-state index contributed by atoms with van der Waals surface area (Å²) in [6.07, 6.45) is 1.46. The number of hydrogen-bond donors (Lipinski definition) is 1. The maximum atomic E-state index is 13.8. The lowest BCUT2D eigenvalue weighted by Gasteiger charge is -2.19. The molecule has 102 valence electrons. The molecule has 5 heteroatoms. The van der Waals surface area contributed by atoms with Gasteiger partial charge in [-0.1, -0.05) is 6.07 Å². The van der Waals surface area contributed by atoms with Crippen LogP contribution in [0.2, 0.25) is 0 Å². The van der Waals surface area contributed by atoms with Crippen LogP contribution in [0.15, 0.2) is 22.7 Å². The third kappa shape index (κ3) is 2.19. The number of nitrogens with zero attached hydrogens (tertiary/aromatic N) is 1. The fourth-order valence-corrected chi connectivity index (χ4v) is 3.77. The van der Waals surface area contributed by atoms with Gasteiger partial charge in [0.25, 0.3) is 5.91 Å². The third-order valence-electron chi connectivity index (χ3n) is 4.28. The van der Waals surface area contributed by atoms with Gasteiger partial charge in [0.1, 0.15) is 5.82 Å². The van der Waals surface area contributed by atoms with E-state index in [-0.39, 0.29) is 23.5 Å². The van der Waals surface area contributed by atoms with Crippen molar-refractivity contribution in [2.45, 2.75) is 18.9 Å². The quantitative estimate of drug-likeness (QED) is 0.860. The molecule has 1 heterocycles. The first-order chi connectivity index (χ1) is 9.08. The molecule has 1 amide bonds. The summed E-state index contributed by atoms with van der Waals surface area (Å²) >= 11 is 3.23. The van der Waals surface area contributed by atoms with Crippen LogP contribution in [0.3, 0.4) is 0 Å². The lowest BCUT2D eigenvalue weighted by Crippen LogP contribution is -2.31. The van der Waals surface area contributed by atoms with Gasteiger partial charge in [0, 0.05) is 23.5 Å². The topological polar surface area (TPSA) is 40.5 Å². The molecule has 3 rings (SSSR count). The van der Waals surface area contributed by atoms with Gasteiger partial charge in [-0.25, -0.2) is 4.39 Å². The van der Waals surface area contributed by atoms with E-state index < -0.39 is 5.82 Å². The van der Waals surface area contributed by atoms with E-state index in [0.717, 1.165) is 12.8 Å². The molecule has 1 aromatic carbocycles. The Hall–Kier alpha value is -0.940. The van der Waals surface area contributed by atoms with Crippen LogP contribution < -0.4 is 0 Å². The molecular formula is C14H15BrFNO2. The van der Waals surface area contributed by atoms with Gasteiger partial charge in [0.15, 0.2) is 0 Å². The Bertz CT molecular complexity index is 502. The van der Waals surface area contributed by atoms with Crippen molar-refractivity contribution in [1.82, 2.24) is 4.90 Å². The zero-order chi connectivity index (χ0) is 13.6. The Labute approximate surface area is 119 Å². The fourth-order valence-electron chi connectivity index (χ4n) is 3.26. The van der Waals surface area contributed by atoms with E-state index in [1.165, 1.54) is 6.07 Å². The largest absolute Gasteiger partial charge is 0.393 e. The summed E-state index contributed by atoms with van der Waals surface area (Å²) in [5.74, 6) is -0.262. The second kappa shape index (κ2) is 4.87. The number of hydrogen-bond acceptors (Lipinski definition) is 2. The Morgan fingerprint density at radius 2 is 2.16 bits per heavy atom. The lowest BCUT2D eigenvalue weighted by atomic mass is 10.00. The normalized spacial score (nSPS) is 29.6. The van der Waals surface area contributed by atoms with Crippen molar-refractivity contribution in [1.29, 1.82) is 0 Å². The Morgan fingerprint density at radius 3 is 2.84 bits per heavy atom. The highest BCUT2D eigenvalue weighted by Crippen LogP contribution is 2.39. The molecule has 1 aliphatic heterocycles. The van der Waals surface area contributed by atoms with Crippen LogP contribution in [0.5, 0.6) is 0 Å². The lowest BCUT2D eigenvalue weighted by molar-refractivity contribution is 0.0747. The third-order valence-corrected chi connectivity index (χ3v) is 4.94. The number of fused-ring (bicyclic) bond motifs is 1. The van der Waals surface area contributed by atoms with Crippen molar-refractivity contribution in [3.63, 3.8) is 0 Å². The summed E-state index contributed by atoms with van der Waals surface area (Å²) in [6.45, 7) is 1.16. The molecule has 19 heavy (non-hydrogen) atoms. The van der Waals surface area contributed by atoms with Crippen molar-refractivity contribution in [3.05, 3.63) is 34.1 Å². The van der Waals surface area contributed by atoms with Crippen molar-refractivity contribution in [2.24, 2.45) is 11.8 Å². The van der Waals surface area contributed by atoms with Gasteiger partial charge < -0.3 is 10.0 Å². The number of carbonyl (C=O) groups excluding carboxylic acids is 1. The second-order valence-electron chi connectivity index (χ2n) is 5.38. The van der Waals surface area contributed by atoms with Gasteiger partial charge in [-0.15, -0.1) is 0 Å². The number of aliphatic hydroxyl groups excluding tert-OH is 1. The highest BCUT2D eigenvalue weighted by molar-refractivity contribution is 9.10. The first-order valence-corrected chi connectivity index (χ1v) is 7.28. The number of benzene rings is 1. The molecule has 3 atom stereocenters. The van der Waals surface area contributed by atoms with Crippen LogP contribution in [0.1, 0.15) is 23.2 Å². The Balaban J connectivity index is 1.83. The Kier molecular flexibility index (Phi) is 3.35. The number of halogens is 2. The maximum absolute atomic E-state index is 13.8. The van der Waals surface area contributed by atoms with E-state index in [1.54, 1.807) is 17.0 Å². The van der Waals surface area contributed by atoms with Crippen molar-refractivity contribution in [2.75, 3.05) is 13.1 Å². The number of amides is 1. The zero-order valence-electron chi connectivity index (χ0n) is 10.4. The van der Waals surface area contributed by atoms with E-state index in [1.807, 2.05) is 0 Å². The van der Waals surface area contributed by atoms with Gasteiger partial charge in [0.05, 0.1) is 11.7 Å². The van der Waals surface area contributed by atoms with Crippen LogP contribution in [0, 0.1) is 17.7 Å². The standard InChI is InChI=1S/C14H15BrFNO2/c15-10-2-1-3-11(16)13(10)14(19)17-6-8-4-5-12(18)9(8)7-17/h1-3,8-9,12,18H,4-7H2. The van der Waals surface area contributed by atoms with Gasteiger partial charge in [0.2, 0.25) is 0 Å². The van der Waals surface area contributed by atoms with Gasteiger partial charge in [-0.3, -0.25) is 4.79 Å². The van der Waals surface area contributed by atoms with Crippen LogP contribution in [0.4, 0.5) is 4.39 Å². The van der Waals surface area contributed by atoms with Gasteiger partial charge in [-0.05, 0) is 46.8 Å². The molecule has 0 aromatic heterocycles. The highest BCUT2D eigenvalue weighted by Gasteiger charge is 2.43. The summed E-state index contributed by atoms with van der Waals surface area (Å²) in [5, 5.41) is 9.86. The highest BCUT2D eigenvalue weighted by atomic mass is 79.9. The summed E-state index contributed by atoms with van der Waals surface area (Å²) in [6, 6.07) is 4.53. The minimum absolute atomic E-state index is 0.0944. The molecule has 3 unspecified atom stereocenters. The SMILES string of the molecule is O=C(c1c(F)cccc1Br)N1CC2CCC(O)C2C1. The number of rotatable bonds is 1. The number of aliphatic hydroxyl groups is 1. The van der Waals surface area contributed by atoms with Crippen molar-refractivity contribution < 1.29 is 14.3 Å². The zero-order valence-corrected chi connectivity index (χ0v) is 11.9. The number of carbonyl (C=O) groups is 1. The summed E-state index contributed by atoms with van der Waals surface area (Å²) in [7, 11) is 0. The molecule has 1 N–H and O–H groups in total. The average molecular weight is 328 g/mol. The molecular weight excluding hydrogens is 313 g/mol. The first-order valence-electron chi connectivity index (χ1n) is 6.49. The van der Waals surface area contributed by atoms with Gasteiger partial charge >= 0.3 is 0 Å². The van der Waals surface area contributed by atoms with E-state index in [9.17, 15) is 14.3 Å². The smallest absolute Gasteiger partial charge is 0.258 e. The minimum atomic E-state index is -0.503. The fraction of sp³-hybridized carbons (Fsp3) is 0.500. The van der Waals surface area contributed by atoms with Gasteiger partial charge in [-0.2, -0.15) is 0 Å². The molecule has 0 spiro atoms. The second-order valence-corrected chi connectivity index (χ2v) is 6.23. The van der Waals surface area contributed by atoms with E-state index >= 15 is 0 Å². The van der Waals surface area contributed by atoms with Crippen LogP contribution in [0.25, 0.3) is 0 Å². The van der Waals surface area contributed by atoms with E-state index in [2.05, 4.69) is 15.9 Å². The molecule has 1 aromatic rings. The van der Waals surface area contributed by atoms with E-state index in [0.29, 0.717) is 23.5 Å². The minimum Gasteiger partial charge on any atom is -0.393 e. The monoisotopic (exact) mass is 327 g/mol. The van der Waals surface area contributed by atoms with Crippen molar-refractivity contribution in [3.8, 4) is 0 Å². The number of likely N-dealkylation sites (tertiary alicyclic amines) is 1. The molecule has 2 fully saturated rings. The molecule has 0 bridgehead atoms. The average Bonchev–Trinajstić information content (AvgIpc) is 2.92. The molecule has 2 aliphatic rings. The van der Waals surface area contributed by atoms with Crippen LogP contribution in [-0.2, 0) is 0 Å². The predicted molar refractivity (Wildman–Crippen MR) is 72.2 cm³/mol. The van der Waals surface area contributed by atoms with Crippen molar-refractivity contribution >= 4 is 21.8 Å². The molecule has 1 aliphatic carbocycles. The first kappa shape index (κ1) is 13.1. The molecule has 3 nitrogen and oxygen atoms in total. The Morgan fingerprint density at radius 1 is 1.37 bits per heavy atom.